The van der Waals surface area contributed by atoms with Crippen molar-refractivity contribution in [2.75, 3.05) is 9.80 Å². The standard InChI is InChI=1S/2C27H21N4.C21H16N3.C17H13F3N3.4Ir/c1-21-28-29-27(30(21)23-13-5-2-6-14-23)22-12-11-19-26(20-22)31(24-15-7-3-8-16-24)25-17-9-4-10-18-25;1-21-28-29-27(30(21)23-11-5-2-6-12-23)22-17-19-26(20-18-22)31(24-13-7-3-8-14-24)25-15-9-4-10-16-25;1-16-22-23-21(24(16)20-10-6-3-7-11-20)19-14-12-18(13-15-19)17-8-4-2-5-9-17;1-11-8-13(10-14(9-11)17(18,19)20)16-22-21-12(2)23(16)15-6-4-3-5-7-15;;;;/h2-11,13-20H,1H3;2-17,19-20H,1H3;2-14H,1H3;3-9H,1-2H3;;;;/q4*-1;;;;. The van der Waals surface area contributed by atoms with E-state index in [4.69, 9.17) is 0 Å². The van der Waals surface area contributed by atoms with Gasteiger partial charge in [-0.2, -0.15) is 33.6 Å². The van der Waals surface area contributed by atoms with Gasteiger partial charge in [0, 0.05) is 126 Å². The van der Waals surface area contributed by atoms with Crippen LogP contribution in [0.2, 0.25) is 0 Å². The van der Waals surface area contributed by atoms with Crippen LogP contribution in [0.3, 0.4) is 0 Å². The molecule has 0 N–H and O–H groups in total. The van der Waals surface area contributed by atoms with Crippen molar-refractivity contribution in [2.45, 2.75) is 40.8 Å². The van der Waals surface area contributed by atoms with E-state index in [-0.39, 0.29) is 86.0 Å². The first-order valence-corrected chi connectivity index (χ1v) is 35.2. The van der Waals surface area contributed by atoms with Gasteiger partial charge in [0.05, 0.1) is 23.3 Å². The molecule has 0 aliphatic carbocycles. The molecule has 0 amide bonds. The van der Waals surface area contributed by atoms with E-state index in [0.717, 1.165) is 120 Å². The Balaban J connectivity index is 0.000000159. The van der Waals surface area contributed by atoms with Crippen molar-refractivity contribution < 1.29 is 93.6 Å². The van der Waals surface area contributed by atoms with Gasteiger partial charge in [-0.15, -0.1) is 139 Å². The summed E-state index contributed by atoms with van der Waals surface area (Å²) in [5.74, 6) is 5.82. The molecule has 21 heteroatoms. The van der Waals surface area contributed by atoms with Gasteiger partial charge in [-0.25, -0.2) is 0 Å². The molecule has 113 heavy (non-hydrogen) atoms. The number of hydrogen-bond donors (Lipinski definition) is 0. The molecule has 4 radical (unpaired) electrons. The number of rotatable bonds is 15. The van der Waals surface area contributed by atoms with Crippen LogP contribution < -0.4 is 9.80 Å². The Kier molecular flexibility index (Phi) is 29.3. The molecule has 0 saturated heterocycles. The fraction of sp³-hybridized carbons (Fsp3) is 0.0652. The van der Waals surface area contributed by atoms with E-state index < -0.39 is 11.7 Å². The number of nitrogens with zero attached hydrogens (tertiary/aromatic N) is 14. The van der Waals surface area contributed by atoms with Crippen molar-refractivity contribution >= 4 is 34.1 Å². The molecule has 0 aliphatic rings. The third-order valence-electron chi connectivity index (χ3n) is 17.7. The maximum atomic E-state index is 13.0. The molecule has 14 nitrogen and oxygen atoms in total. The smallest absolute Gasteiger partial charge is 0.352 e. The first kappa shape index (κ1) is 83.9. The summed E-state index contributed by atoms with van der Waals surface area (Å²) in [5.41, 5.74) is 15.3. The van der Waals surface area contributed by atoms with Gasteiger partial charge in [0.1, 0.15) is 23.3 Å². The summed E-state index contributed by atoms with van der Waals surface area (Å²) in [7, 11) is 0. The van der Waals surface area contributed by atoms with Crippen LogP contribution in [0.5, 0.6) is 0 Å². The summed E-state index contributed by atoms with van der Waals surface area (Å²) < 4.78 is 46.9. The Morgan fingerprint density at radius 3 is 0.929 bits per heavy atom. The van der Waals surface area contributed by atoms with Gasteiger partial charge in [0.2, 0.25) is 0 Å². The van der Waals surface area contributed by atoms with E-state index in [1.807, 2.05) is 177 Å². The van der Waals surface area contributed by atoms with E-state index in [1.165, 1.54) is 5.56 Å². The molecule has 17 rings (SSSR count). The summed E-state index contributed by atoms with van der Waals surface area (Å²) in [6.45, 7) is 9.26. The third kappa shape index (κ3) is 20.0. The summed E-state index contributed by atoms with van der Waals surface area (Å²) in [6, 6.07) is 125. The first-order chi connectivity index (χ1) is 53.3. The van der Waals surface area contributed by atoms with Crippen molar-refractivity contribution in [3.63, 3.8) is 0 Å². The maximum Gasteiger partial charge on any atom is 0.399 e. The van der Waals surface area contributed by atoms with Gasteiger partial charge in [-0.05, 0) is 142 Å². The number of anilines is 6. The third-order valence-corrected chi connectivity index (χ3v) is 17.7. The zero-order valence-corrected chi connectivity index (χ0v) is 71.1. The van der Waals surface area contributed by atoms with Crippen LogP contribution in [-0.4, -0.2) is 59.1 Å². The SMILES string of the molecule is Cc1cc(-c2nnc(C)n2-c2ccccc2)[c-]c(C(F)(F)F)c1.Cc1nnc(-c2[c-]cc(-c3ccccc3)cc2)n1-c1ccccc1.Cc1nnc(-c2[c-]cc(N(c3ccccc3)c3ccccc3)cc2)n1-c1ccccc1.Cc1nnc(-c2[c-]ccc(N(c3ccccc3)c3ccccc3)c2)n1-c1ccccc1.[Ir].[Ir].[Ir].[Ir]. The van der Waals surface area contributed by atoms with E-state index in [2.05, 4.69) is 260 Å². The van der Waals surface area contributed by atoms with Crippen LogP contribution in [0.1, 0.15) is 34.4 Å². The molecule has 0 saturated carbocycles. The summed E-state index contributed by atoms with van der Waals surface area (Å²) in [4.78, 5) is 4.45. The Morgan fingerprint density at radius 2 is 0.593 bits per heavy atom. The van der Waals surface area contributed by atoms with Crippen LogP contribution in [0.4, 0.5) is 47.3 Å². The van der Waals surface area contributed by atoms with E-state index in [9.17, 15) is 13.2 Å². The number of para-hydroxylation sites is 8. The Morgan fingerprint density at radius 1 is 0.274 bits per heavy atom. The van der Waals surface area contributed by atoms with Gasteiger partial charge >= 0.3 is 6.18 Å². The minimum absolute atomic E-state index is 0. The average Bonchev–Trinajstić information content (AvgIpc) is 1.78. The van der Waals surface area contributed by atoms with Crippen molar-refractivity contribution in [1.82, 2.24) is 59.1 Å². The molecule has 570 valence electrons. The molecule has 13 aromatic carbocycles. The van der Waals surface area contributed by atoms with Crippen LogP contribution in [0.15, 0.2) is 340 Å². The van der Waals surface area contributed by atoms with E-state index >= 15 is 0 Å². The second kappa shape index (κ2) is 39.5. The fourth-order valence-corrected chi connectivity index (χ4v) is 12.7. The Hall–Kier alpha value is -11.6. The minimum atomic E-state index is -4.45. The number of aryl methyl sites for hydroxylation is 5. The van der Waals surface area contributed by atoms with Gasteiger partial charge < -0.3 is 28.1 Å². The summed E-state index contributed by atoms with van der Waals surface area (Å²) >= 11 is 0. The second-order valence-corrected chi connectivity index (χ2v) is 25.2. The molecule has 0 bridgehead atoms. The monoisotopic (exact) mass is 2200 g/mol. The van der Waals surface area contributed by atoms with Crippen molar-refractivity contribution in [1.29, 1.82) is 0 Å². The van der Waals surface area contributed by atoms with Crippen LogP contribution >= 0.6 is 0 Å². The Labute approximate surface area is 709 Å². The average molecular weight is 2200 g/mol. The van der Waals surface area contributed by atoms with Crippen LogP contribution in [-0.2, 0) is 86.6 Å². The van der Waals surface area contributed by atoms with Gasteiger partial charge in [-0.1, -0.05) is 194 Å². The summed E-state index contributed by atoms with van der Waals surface area (Å²) in [5, 5.41) is 34.2. The molecule has 0 fully saturated rings. The topological polar surface area (TPSA) is 129 Å². The quantitative estimate of drug-likeness (QED) is 0.0915. The second-order valence-electron chi connectivity index (χ2n) is 25.2. The van der Waals surface area contributed by atoms with Gasteiger partial charge in [0.25, 0.3) is 0 Å². The zero-order chi connectivity index (χ0) is 75.1. The maximum absolute atomic E-state index is 13.0. The predicted octanol–water partition coefficient (Wildman–Crippen LogP) is 22.1. The summed E-state index contributed by atoms with van der Waals surface area (Å²) in [6.07, 6.45) is -4.45. The molecule has 0 atom stereocenters. The molecule has 0 aliphatic heterocycles. The molecular weight excluding hydrogens is 2130 g/mol. The normalized spacial score (nSPS) is 10.5. The van der Waals surface area contributed by atoms with Crippen molar-refractivity contribution in [3.05, 3.63) is 398 Å². The van der Waals surface area contributed by atoms with Crippen molar-refractivity contribution in [2.24, 2.45) is 0 Å². The zero-order valence-electron chi connectivity index (χ0n) is 61.6. The largest absolute Gasteiger partial charge is 0.399 e. The Bertz CT molecular complexity index is 5690. The molecule has 4 heterocycles. The van der Waals surface area contributed by atoms with E-state index in [0.29, 0.717) is 17.2 Å². The number of benzene rings is 13. The number of halogens is 3. The number of alkyl halides is 3. The van der Waals surface area contributed by atoms with E-state index in [1.54, 1.807) is 24.5 Å². The van der Waals surface area contributed by atoms with Gasteiger partial charge in [0.15, 0.2) is 0 Å². The van der Waals surface area contributed by atoms with Crippen LogP contribution in [0, 0.1) is 58.9 Å². The molecular formula is C92H71F3Ir4N14-4. The minimum Gasteiger partial charge on any atom is -0.352 e. The molecule has 0 spiro atoms. The van der Waals surface area contributed by atoms with Gasteiger partial charge in [-0.3, -0.25) is 0 Å². The number of aromatic nitrogens is 12. The molecule has 17 aromatic rings. The van der Waals surface area contributed by atoms with Crippen LogP contribution in [0.25, 0.3) is 79.4 Å². The molecule has 4 aromatic heterocycles. The first-order valence-electron chi connectivity index (χ1n) is 35.2. The predicted molar refractivity (Wildman–Crippen MR) is 426 cm³/mol. The number of hydrogen-bond acceptors (Lipinski definition) is 10. The fourth-order valence-electron chi connectivity index (χ4n) is 12.7. The molecule has 0 unspecified atom stereocenters. The van der Waals surface area contributed by atoms with Crippen molar-refractivity contribution in [3.8, 4) is 79.4 Å².